The number of aromatic nitrogens is 3. The first-order valence-electron chi connectivity index (χ1n) is 15.4. The number of rotatable bonds is 6. The van der Waals surface area contributed by atoms with Crippen molar-refractivity contribution < 1.29 is 27.4 Å². The molecule has 8 nitrogen and oxygen atoms in total. The van der Waals surface area contributed by atoms with E-state index in [0.717, 1.165) is 12.8 Å². The van der Waals surface area contributed by atoms with E-state index in [9.17, 15) is 18.3 Å². The van der Waals surface area contributed by atoms with E-state index in [2.05, 4.69) is 26.1 Å². The molecular weight excluding hydrogens is 600 g/mol. The van der Waals surface area contributed by atoms with E-state index in [0.29, 0.717) is 49.2 Å². The SMILES string of the molecule is C#Cc1c(F)ccc2cc(O)cc(-c3ncc4c(N5C[C@H]6CC[C@@H](C5)N6)nc(OC[C@]5(C)CN(C)CC[C@@H]5C(F)F)nc4c3F)c12. The lowest BCUT2D eigenvalue weighted by Gasteiger charge is -2.44. The first-order chi connectivity index (χ1) is 22.0. The lowest BCUT2D eigenvalue weighted by Crippen LogP contribution is -2.51. The van der Waals surface area contributed by atoms with E-state index in [4.69, 9.17) is 16.1 Å². The van der Waals surface area contributed by atoms with Gasteiger partial charge in [0.1, 0.15) is 28.6 Å². The number of phenols is 1. The number of alkyl halides is 2. The number of hydrogen-bond acceptors (Lipinski definition) is 8. The molecule has 2 aromatic heterocycles. The van der Waals surface area contributed by atoms with E-state index in [1.54, 1.807) is 6.92 Å². The van der Waals surface area contributed by atoms with Gasteiger partial charge in [-0.05, 0) is 56.4 Å². The normalized spacial score (nSPS) is 25.0. The minimum atomic E-state index is -2.52. The largest absolute Gasteiger partial charge is 0.508 e. The number of likely N-dealkylation sites (tertiary alicyclic amines) is 1. The van der Waals surface area contributed by atoms with Crippen molar-refractivity contribution in [2.24, 2.45) is 11.3 Å². The summed E-state index contributed by atoms with van der Waals surface area (Å²) in [5.74, 6) is 0.212. The van der Waals surface area contributed by atoms with Crippen LogP contribution in [0.4, 0.5) is 23.4 Å². The van der Waals surface area contributed by atoms with E-state index < -0.39 is 29.4 Å². The first-order valence-corrected chi connectivity index (χ1v) is 15.4. The standard InChI is InChI=1S/C34H34F4N6O2/c1-4-22-26(35)8-5-18-11-21(45)12-23(27(18)22)29-28(36)30-24(13-39-29)32(44-14-19-6-7-20(15-44)40-19)42-33(41-30)46-17-34(2)16-43(3)10-9-25(34)31(37)38/h1,5,8,11-13,19-20,25,31,40,45H,6-7,9-10,14-17H2,2-3H3/t19-,20+,25-,34+/m1/s1. The lowest BCUT2D eigenvalue weighted by atomic mass is 9.73. The molecule has 4 atom stereocenters. The number of nitrogens with one attached hydrogen (secondary N) is 1. The quantitative estimate of drug-likeness (QED) is 0.217. The third kappa shape index (κ3) is 5.25. The fourth-order valence-electron chi connectivity index (χ4n) is 7.57. The number of anilines is 1. The number of nitrogens with zero attached hydrogens (tertiary/aromatic N) is 5. The van der Waals surface area contributed by atoms with Gasteiger partial charge in [0.25, 0.3) is 0 Å². The van der Waals surface area contributed by atoms with E-state index in [1.807, 2.05) is 11.9 Å². The molecule has 4 aromatic rings. The van der Waals surface area contributed by atoms with Crippen LogP contribution in [-0.2, 0) is 0 Å². The molecule has 0 aliphatic carbocycles. The van der Waals surface area contributed by atoms with Gasteiger partial charge in [-0.25, -0.2) is 17.6 Å². The molecule has 12 heteroatoms. The van der Waals surface area contributed by atoms with Crippen LogP contribution in [0.15, 0.2) is 30.5 Å². The van der Waals surface area contributed by atoms with Gasteiger partial charge in [0, 0.05) is 60.2 Å². The Morgan fingerprint density at radius 2 is 1.91 bits per heavy atom. The van der Waals surface area contributed by atoms with Gasteiger partial charge >= 0.3 is 6.01 Å². The highest BCUT2D eigenvalue weighted by Gasteiger charge is 2.44. The molecule has 0 unspecified atom stereocenters. The smallest absolute Gasteiger partial charge is 0.319 e. The van der Waals surface area contributed by atoms with Gasteiger partial charge in [-0.2, -0.15) is 9.97 Å². The van der Waals surface area contributed by atoms with Crippen LogP contribution in [-0.4, -0.2) is 83.3 Å². The second kappa shape index (κ2) is 11.5. The molecule has 5 heterocycles. The fraction of sp³-hybridized carbons (Fsp3) is 0.441. The Morgan fingerprint density at radius 1 is 1.15 bits per heavy atom. The van der Waals surface area contributed by atoms with Crippen molar-refractivity contribution in [1.29, 1.82) is 0 Å². The summed E-state index contributed by atoms with van der Waals surface area (Å²) in [7, 11) is 1.88. The first kappa shape index (κ1) is 30.4. The third-order valence-electron chi connectivity index (χ3n) is 9.79. The zero-order chi connectivity index (χ0) is 32.3. The van der Waals surface area contributed by atoms with Crippen LogP contribution in [0.1, 0.15) is 31.7 Å². The zero-order valence-electron chi connectivity index (χ0n) is 25.5. The number of terminal acetylenes is 1. The summed E-state index contributed by atoms with van der Waals surface area (Å²) < 4.78 is 65.9. The predicted molar refractivity (Wildman–Crippen MR) is 167 cm³/mol. The number of piperazine rings is 1. The molecule has 0 radical (unpaired) electrons. The molecule has 2 bridgehead atoms. The zero-order valence-corrected chi connectivity index (χ0v) is 25.5. The number of ether oxygens (including phenoxy) is 1. The van der Waals surface area contributed by atoms with Gasteiger partial charge in [-0.1, -0.05) is 18.9 Å². The van der Waals surface area contributed by atoms with Crippen molar-refractivity contribution in [3.63, 3.8) is 0 Å². The van der Waals surface area contributed by atoms with Crippen LogP contribution in [0.3, 0.4) is 0 Å². The van der Waals surface area contributed by atoms with Crippen LogP contribution >= 0.6 is 0 Å². The summed E-state index contributed by atoms with van der Waals surface area (Å²) in [5, 5.41) is 15.1. The van der Waals surface area contributed by atoms with Gasteiger partial charge in [0.15, 0.2) is 5.82 Å². The Hall–Kier alpha value is -4.21. The number of halogens is 4. The highest BCUT2D eigenvalue weighted by Crippen LogP contribution is 2.41. The molecule has 2 N–H and O–H groups in total. The molecule has 3 fully saturated rings. The number of benzene rings is 2. The van der Waals surface area contributed by atoms with Crippen molar-refractivity contribution in [2.75, 3.05) is 44.7 Å². The molecule has 7 rings (SSSR count). The Bertz CT molecular complexity index is 1870. The van der Waals surface area contributed by atoms with Gasteiger partial charge in [-0.3, -0.25) is 4.98 Å². The average Bonchev–Trinajstić information content (AvgIpc) is 3.36. The molecule has 2 aromatic carbocycles. The number of piperidine rings is 1. The molecule has 0 amide bonds. The van der Waals surface area contributed by atoms with Gasteiger partial charge < -0.3 is 25.0 Å². The monoisotopic (exact) mass is 634 g/mol. The maximum Gasteiger partial charge on any atom is 0.319 e. The van der Waals surface area contributed by atoms with Gasteiger partial charge in [0.05, 0.1) is 17.6 Å². The van der Waals surface area contributed by atoms with Crippen LogP contribution in [0, 0.1) is 35.3 Å². The Kier molecular flexibility index (Phi) is 7.64. The number of phenolic OH excluding ortho intramolecular Hbond substituents is 1. The molecule has 46 heavy (non-hydrogen) atoms. The van der Waals surface area contributed by atoms with Crippen molar-refractivity contribution in [3.05, 3.63) is 47.7 Å². The summed E-state index contributed by atoms with van der Waals surface area (Å²) in [5.41, 5.74) is -1.17. The number of pyridine rings is 1. The Balaban J connectivity index is 1.37. The topological polar surface area (TPSA) is 86.6 Å². The van der Waals surface area contributed by atoms with Crippen LogP contribution in [0.5, 0.6) is 11.8 Å². The lowest BCUT2D eigenvalue weighted by molar-refractivity contribution is -0.0679. The second-order valence-corrected chi connectivity index (χ2v) is 13.1. The third-order valence-corrected chi connectivity index (χ3v) is 9.79. The van der Waals surface area contributed by atoms with Crippen LogP contribution < -0.4 is 15.0 Å². The fourth-order valence-corrected chi connectivity index (χ4v) is 7.57. The Labute approximate surface area is 263 Å². The summed E-state index contributed by atoms with van der Waals surface area (Å²) in [4.78, 5) is 17.7. The number of aromatic hydroxyl groups is 1. The maximum atomic E-state index is 16.8. The number of fused-ring (bicyclic) bond motifs is 4. The predicted octanol–water partition coefficient (Wildman–Crippen LogP) is 5.35. The van der Waals surface area contributed by atoms with E-state index in [1.165, 1.54) is 30.5 Å². The van der Waals surface area contributed by atoms with Gasteiger partial charge in [0.2, 0.25) is 6.43 Å². The summed E-state index contributed by atoms with van der Waals surface area (Å²) in [6, 6.07) is 5.70. The summed E-state index contributed by atoms with van der Waals surface area (Å²) in [6.45, 7) is 3.89. The van der Waals surface area contributed by atoms with Crippen molar-refractivity contribution in [1.82, 2.24) is 25.2 Å². The molecule has 0 spiro atoms. The maximum absolute atomic E-state index is 16.8. The van der Waals surface area contributed by atoms with Crippen LogP contribution in [0.25, 0.3) is 32.9 Å². The highest BCUT2D eigenvalue weighted by molar-refractivity contribution is 6.03. The molecule has 240 valence electrons. The molecule has 3 saturated heterocycles. The molecule has 3 aliphatic heterocycles. The van der Waals surface area contributed by atoms with E-state index >= 15 is 4.39 Å². The minimum absolute atomic E-state index is 0.0863. The van der Waals surface area contributed by atoms with Crippen molar-refractivity contribution in [2.45, 2.75) is 44.7 Å². The average molecular weight is 635 g/mol. The van der Waals surface area contributed by atoms with Crippen molar-refractivity contribution in [3.8, 4) is 35.4 Å². The van der Waals surface area contributed by atoms with E-state index in [-0.39, 0.29) is 58.2 Å². The molecule has 0 saturated carbocycles. The highest BCUT2D eigenvalue weighted by atomic mass is 19.3. The van der Waals surface area contributed by atoms with Crippen LogP contribution in [0.2, 0.25) is 0 Å². The number of hydrogen-bond donors (Lipinski definition) is 2. The van der Waals surface area contributed by atoms with Gasteiger partial charge in [-0.15, -0.1) is 6.42 Å². The van der Waals surface area contributed by atoms with Crippen molar-refractivity contribution >= 4 is 27.5 Å². The summed E-state index contributed by atoms with van der Waals surface area (Å²) in [6.07, 6.45) is 6.93. The molecule has 3 aliphatic rings. The summed E-state index contributed by atoms with van der Waals surface area (Å²) >= 11 is 0. The Morgan fingerprint density at radius 3 is 2.63 bits per heavy atom. The second-order valence-electron chi connectivity index (χ2n) is 13.1. The minimum Gasteiger partial charge on any atom is -0.508 e. The molecular formula is C34H34F4N6O2.